The van der Waals surface area contributed by atoms with Crippen molar-refractivity contribution >= 4 is 23.4 Å². The van der Waals surface area contributed by atoms with Gasteiger partial charge in [0, 0.05) is 25.3 Å². The van der Waals surface area contributed by atoms with Gasteiger partial charge in [0.05, 0.1) is 25.2 Å². The molecule has 0 unspecified atom stereocenters. The van der Waals surface area contributed by atoms with Crippen LogP contribution >= 0.6 is 0 Å². The van der Waals surface area contributed by atoms with Crippen LogP contribution in [0.1, 0.15) is 36.7 Å². The molecule has 0 heterocycles. The molecule has 0 aliphatic rings. The van der Waals surface area contributed by atoms with Gasteiger partial charge in [-0.1, -0.05) is 12.1 Å². The van der Waals surface area contributed by atoms with E-state index in [4.69, 9.17) is 14.2 Å². The number of amides is 2. The number of carbonyl (C=O) groups is 2. The van der Waals surface area contributed by atoms with Gasteiger partial charge in [-0.2, -0.15) is 0 Å². The predicted octanol–water partition coefficient (Wildman–Crippen LogP) is 4.27. The molecule has 0 atom stereocenters. The highest BCUT2D eigenvalue weighted by Gasteiger charge is 2.25. The largest absolute Gasteiger partial charge is 0.493 e. The predicted molar refractivity (Wildman–Crippen MR) is 123 cm³/mol. The van der Waals surface area contributed by atoms with Gasteiger partial charge < -0.3 is 24.4 Å². The number of nitrogens with zero attached hydrogens (tertiary/aromatic N) is 2. The van der Waals surface area contributed by atoms with Gasteiger partial charge in [0.25, 0.3) is 11.6 Å². The number of likely N-dealkylation sites (N-methyl/N-ethyl adjacent to an activating group) is 1. The molecule has 33 heavy (non-hydrogen) atoms. The van der Waals surface area contributed by atoms with Gasteiger partial charge in [-0.25, -0.2) is 4.79 Å². The average Bonchev–Trinajstić information content (AvgIpc) is 2.75. The topological polar surface area (TPSA) is 120 Å². The Hall–Kier alpha value is -3.82. The second-order valence-electron chi connectivity index (χ2n) is 8.28. The summed E-state index contributed by atoms with van der Waals surface area (Å²) in [6.45, 7) is 5.88. The Morgan fingerprint density at radius 1 is 1.06 bits per heavy atom. The lowest BCUT2D eigenvalue weighted by Crippen LogP contribution is -2.35. The number of ether oxygens (including phenoxy) is 3. The van der Waals surface area contributed by atoms with Gasteiger partial charge in [0.2, 0.25) is 0 Å². The summed E-state index contributed by atoms with van der Waals surface area (Å²) in [5.74, 6) is -0.292. The molecule has 0 fully saturated rings. The Kier molecular flexibility index (Phi) is 8.22. The highest BCUT2D eigenvalue weighted by molar-refractivity contribution is 6.07. The number of methoxy groups -OCH3 is 2. The van der Waals surface area contributed by atoms with Crippen LogP contribution in [0.25, 0.3) is 0 Å². The van der Waals surface area contributed by atoms with E-state index in [1.165, 1.54) is 25.2 Å². The molecule has 0 radical (unpaired) electrons. The van der Waals surface area contributed by atoms with E-state index >= 15 is 0 Å². The van der Waals surface area contributed by atoms with Crippen LogP contribution in [0.2, 0.25) is 0 Å². The van der Waals surface area contributed by atoms with Crippen LogP contribution in [-0.2, 0) is 11.2 Å². The molecule has 0 aliphatic carbocycles. The number of benzene rings is 2. The quantitative estimate of drug-likeness (QED) is 0.462. The van der Waals surface area contributed by atoms with Gasteiger partial charge in [-0.05, 0) is 44.9 Å². The van der Waals surface area contributed by atoms with Crippen LogP contribution in [0.5, 0.6) is 11.5 Å². The van der Waals surface area contributed by atoms with Crippen molar-refractivity contribution in [1.82, 2.24) is 4.90 Å². The zero-order chi connectivity index (χ0) is 24.8. The maximum absolute atomic E-state index is 12.7. The molecular weight excluding hydrogens is 430 g/mol. The normalized spacial score (nSPS) is 10.8. The first-order chi connectivity index (χ1) is 15.4. The molecule has 2 amide bonds. The minimum atomic E-state index is -0.653. The van der Waals surface area contributed by atoms with Crippen molar-refractivity contribution in [2.45, 2.75) is 32.8 Å². The molecule has 0 saturated carbocycles. The Balaban J connectivity index is 2.07. The van der Waals surface area contributed by atoms with E-state index in [2.05, 4.69) is 5.32 Å². The van der Waals surface area contributed by atoms with E-state index in [1.807, 2.05) is 32.9 Å². The van der Waals surface area contributed by atoms with E-state index in [1.54, 1.807) is 19.2 Å². The summed E-state index contributed by atoms with van der Waals surface area (Å²) in [5, 5.41) is 14.1. The van der Waals surface area contributed by atoms with E-state index in [9.17, 15) is 19.7 Å². The van der Waals surface area contributed by atoms with Gasteiger partial charge in [-0.3, -0.25) is 14.9 Å². The number of rotatable bonds is 8. The van der Waals surface area contributed by atoms with E-state index in [-0.39, 0.29) is 17.1 Å². The van der Waals surface area contributed by atoms with E-state index in [0.29, 0.717) is 18.7 Å². The number of nitro benzene ring substituents is 1. The zero-order valence-electron chi connectivity index (χ0n) is 19.6. The molecule has 10 heteroatoms. The zero-order valence-corrected chi connectivity index (χ0v) is 19.6. The van der Waals surface area contributed by atoms with Crippen LogP contribution in [0.15, 0.2) is 36.4 Å². The molecule has 0 bridgehead atoms. The third kappa shape index (κ3) is 7.09. The number of nitro groups is 1. The molecule has 2 rings (SSSR count). The lowest BCUT2D eigenvalue weighted by molar-refractivity contribution is -0.385. The van der Waals surface area contributed by atoms with Crippen molar-refractivity contribution in [2.75, 3.05) is 33.1 Å². The van der Waals surface area contributed by atoms with Crippen LogP contribution in [-0.4, -0.2) is 55.2 Å². The van der Waals surface area contributed by atoms with Crippen LogP contribution in [0, 0.1) is 10.1 Å². The van der Waals surface area contributed by atoms with Crippen molar-refractivity contribution in [3.63, 3.8) is 0 Å². The van der Waals surface area contributed by atoms with Crippen LogP contribution < -0.4 is 14.8 Å². The van der Waals surface area contributed by atoms with Gasteiger partial charge in [0.1, 0.15) is 11.2 Å². The third-order valence-corrected chi connectivity index (χ3v) is 4.60. The fraction of sp³-hybridized carbons (Fsp3) is 0.391. The summed E-state index contributed by atoms with van der Waals surface area (Å²) < 4.78 is 15.6. The minimum absolute atomic E-state index is 0.152. The first-order valence-electron chi connectivity index (χ1n) is 10.2. The number of nitrogens with one attached hydrogen (secondary N) is 1. The van der Waals surface area contributed by atoms with E-state index < -0.39 is 28.2 Å². The van der Waals surface area contributed by atoms with E-state index in [0.717, 1.165) is 11.6 Å². The van der Waals surface area contributed by atoms with Crippen molar-refractivity contribution in [2.24, 2.45) is 0 Å². The number of anilines is 1. The van der Waals surface area contributed by atoms with Crippen molar-refractivity contribution < 1.29 is 28.7 Å². The summed E-state index contributed by atoms with van der Waals surface area (Å²) in [6.07, 6.45) is 0.188. The molecular formula is C23H29N3O7. The van der Waals surface area contributed by atoms with Crippen LogP contribution in [0.4, 0.5) is 16.2 Å². The molecule has 178 valence electrons. The summed E-state index contributed by atoms with van der Waals surface area (Å²) in [7, 11) is 4.40. The molecule has 0 spiro atoms. The highest BCUT2D eigenvalue weighted by atomic mass is 16.6. The smallest absolute Gasteiger partial charge is 0.410 e. The van der Waals surface area contributed by atoms with Crippen molar-refractivity contribution in [3.8, 4) is 11.5 Å². The SMILES string of the molecule is COc1cc(C(=O)Nc2ccc(CCN(C)C(=O)OC(C)(C)C)cc2)c([N+](=O)[O-])cc1OC. The summed E-state index contributed by atoms with van der Waals surface area (Å²) in [4.78, 5) is 37.0. The molecule has 10 nitrogen and oxygen atoms in total. The summed E-state index contributed by atoms with van der Waals surface area (Å²) in [5.41, 5.74) is 0.301. The average molecular weight is 459 g/mol. The molecule has 0 aliphatic heterocycles. The lowest BCUT2D eigenvalue weighted by Gasteiger charge is -2.24. The highest BCUT2D eigenvalue weighted by Crippen LogP contribution is 2.34. The third-order valence-electron chi connectivity index (χ3n) is 4.60. The maximum Gasteiger partial charge on any atom is 0.410 e. The molecule has 2 aromatic carbocycles. The lowest BCUT2D eigenvalue weighted by atomic mass is 10.1. The number of carbonyl (C=O) groups excluding carboxylic acids is 2. The Morgan fingerprint density at radius 2 is 1.64 bits per heavy atom. The summed E-state index contributed by atoms with van der Waals surface area (Å²) >= 11 is 0. The molecule has 1 N–H and O–H groups in total. The first kappa shape index (κ1) is 25.4. The fourth-order valence-electron chi connectivity index (χ4n) is 2.88. The second-order valence-corrected chi connectivity index (χ2v) is 8.28. The Bertz CT molecular complexity index is 1010. The Labute approximate surface area is 192 Å². The number of hydrogen-bond donors (Lipinski definition) is 1. The standard InChI is InChI=1S/C23H29N3O7/c1-23(2,3)33-22(28)25(4)12-11-15-7-9-16(10-8-15)24-21(27)17-13-19(31-5)20(32-6)14-18(17)26(29)30/h7-10,13-14H,11-12H2,1-6H3,(H,24,27). The molecule has 0 aromatic heterocycles. The first-order valence-corrected chi connectivity index (χ1v) is 10.2. The van der Waals surface area contributed by atoms with Crippen molar-refractivity contribution in [3.05, 3.63) is 57.6 Å². The molecule has 2 aromatic rings. The van der Waals surface area contributed by atoms with Gasteiger partial charge in [0.15, 0.2) is 11.5 Å². The monoisotopic (exact) mass is 459 g/mol. The van der Waals surface area contributed by atoms with Gasteiger partial charge >= 0.3 is 6.09 Å². The Morgan fingerprint density at radius 3 is 2.15 bits per heavy atom. The van der Waals surface area contributed by atoms with Crippen molar-refractivity contribution in [1.29, 1.82) is 0 Å². The maximum atomic E-state index is 12.7. The summed E-state index contributed by atoms with van der Waals surface area (Å²) in [6, 6.07) is 9.41. The second kappa shape index (κ2) is 10.7. The minimum Gasteiger partial charge on any atom is -0.493 e. The fourth-order valence-corrected chi connectivity index (χ4v) is 2.88. The van der Waals surface area contributed by atoms with Crippen LogP contribution in [0.3, 0.4) is 0 Å². The van der Waals surface area contributed by atoms with Gasteiger partial charge in [-0.15, -0.1) is 0 Å². The number of hydrogen-bond acceptors (Lipinski definition) is 7. The molecule has 0 saturated heterocycles.